The van der Waals surface area contributed by atoms with E-state index in [4.69, 9.17) is 10.5 Å². The van der Waals surface area contributed by atoms with Crippen molar-refractivity contribution < 1.29 is 4.74 Å². The molecule has 0 saturated heterocycles. The van der Waals surface area contributed by atoms with Crippen LogP contribution < -0.4 is 15.8 Å². The molecule has 27 heavy (non-hydrogen) atoms. The second kappa shape index (κ2) is 7.49. The summed E-state index contributed by atoms with van der Waals surface area (Å²) in [4.78, 5) is 8.86. The van der Waals surface area contributed by atoms with Crippen LogP contribution in [0.15, 0.2) is 53.5 Å². The second-order valence-electron chi connectivity index (χ2n) is 6.52. The molecule has 1 atom stereocenters. The minimum absolute atomic E-state index is 0.112. The van der Waals surface area contributed by atoms with Crippen LogP contribution in [0.1, 0.15) is 29.4 Å². The Labute approximate surface area is 157 Å². The first-order chi connectivity index (χ1) is 13.2. The summed E-state index contributed by atoms with van der Waals surface area (Å²) in [5.41, 5.74) is 9.25. The first-order valence-corrected chi connectivity index (χ1v) is 8.95. The molecule has 1 aliphatic heterocycles. The van der Waals surface area contributed by atoms with Gasteiger partial charge in [0, 0.05) is 17.5 Å². The summed E-state index contributed by atoms with van der Waals surface area (Å²) in [5, 5.41) is 10.4. The molecule has 0 aliphatic carbocycles. The maximum Gasteiger partial charge on any atom is 0.189 e. The van der Waals surface area contributed by atoms with E-state index < -0.39 is 0 Å². The molecule has 0 bridgehead atoms. The molecule has 0 radical (unpaired) electrons. The van der Waals surface area contributed by atoms with E-state index in [1.165, 1.54) is 0 Å². The molecule has 0 amide bonds. The number of guanidine groups is 1. The third-order valence-corrected chi connectivity index (χ3v) is 4.50. The van der Waals surface area contributed by atoms with Crippen molar-refractivity contribution in [1.82, 2.24) is 20.5 Å². The standard InChI is InChI=1S/C20H22N6O/c1-13-23-19(26-25-13)15-6-4-5-14(11-15)12-22-20(21)24-17-9-10-27-18-8-3-2-7-16(17)18/h2-8,11,17H,9-10,12H2,1H3,(H3,21,22,24)(H,23,25,26). The molecule has 1 unspecified atom stereocenters. The van der Waals surface area contributed by atoms with Gasteiger partial charge in [0.15, 0.2) is 11.8 Å². The zero-order valence-corrected chi connectivity index (χ0v) is 15.1. The average molecular weight is 362 g/mol. The van der Waals surface area contributed by atoms with Crippen LogP contribution in [0.2, 0.25) is 0 Å². The molecular formula is C20H22N6O. The Morgan fingerprint density at radius 1 is 1.30 bits per heavy atom. The van der Waals surface area contributed by atoms with Crippen LogP contribution in [0.4, 0.5) is 0 Å². The van der Waals surface area contributed by atoms with E-state index in [-0.39, 0.29) is 6.04 Å². The van der Waals surface area contributed by atoms with Gasteiger partial charge < -0.3 is 15.8 Å². The quantitative estimate of drug-likeness (QED) is 0.489. The van der Waals surface area contributed by atoms with Crippen molar-refractivity contribution in [3.63, 3.8) is 0 Å². The van der Waals surface area contributed by atoms with Gasteiger partial charge in [-0.05, 0) is 24.6 Å². The van der Waals surface area contributed by atoms with Crippen LogP contribution in [-0.2, 0) is 6.54 Å². The number of nitrogens with two attached hydrogens (primary N) is 1. The van der Waals surface area contributed by atoms with Gasteiger partial charge in [-0.15, -0.1) is 0 Å². The number of aromatic nitrogens is 3. The summed E-state index contributed by atoms with van der Waals surface area (Å²) in [6, 6.07) is 16.1. The molecule has 0 fully saturated rings. The fraction of sp³-hybridized carbons (Fsp3) is 0.250. The molecule has 138 valence electrons. The molecule has 7 heteroatoms. The first-order valence-electron chi connectivity index (χ1n) is 8.95. The smallest absolute Gasteiger partial charge is 0.189 e. The van der Waals surface area contributed by atoms with Crippen molar-refractivity contribution in [1.29, 1.82) is 0 Å². The lowest BCUT2D eigenvalue weighted by molar-refractivity contribution is 0.262. The Morgan fingerprint density at radius 3 is 3.04 bits per heavy atom. The SMILES string of the molecule is Cc1nc(-c2cccc(CN=C(N)NC3CCOc4ccccc43)c2)n[nH]1. The summed E-state index contributed by atoms with van der Waals surface area (Å²) < 4.78 is 5.69. The highest BCUT2D eigenvalue weighted by Gasteiger charge is 2.21. The molecule has 2 heterocycles. The van der Waals surface area contributed by atoms with Crippen molar-refractivity contribution >= 4 is 5.96 Å². The van der Waals surface area contributed by atoms with Crippen molar-refractivity contribution in [2.45, 2.75) is 25.9 Å². The number of rotatable bonds is 4. The summed E-state index contributed by atoms with van der Waals surface area (Å²) >= 11 is 0. The van der Waals surface area contributed by atoms with Gasteiger partial charge >= 0.3 is 0 Å². The van der Waals surface area contributed by atoms with Crippen LogP contribution in [0.5, 0.6) is 5.75 Å². The third-order valence-electron chi connectivity index (χ3n) is 4.50. The molecule has 4 rings (SSSR count). The molecule has 4 N–H and O–H groups in total. The van der Waals surface area contributed by atoms with Crippen LogP contribution in [-0.4, -0.2) is 27.7 Å². The number of fused-ring (bicyclic) bond motifs is 1. The van der Waals surface area contributed by atoms with Gasteiger partial charge in [-0.25, -0.2) is 9.98 Å². The normalized spacial score (nSPS) is 16.5. The molecular weight excluding hydrogens is 340 g/mol. The highest BCUT2D eigenvalue weighted by molar-refractivity contribution is 5.78. The van der Waals surface area contributed by atoms with Crippen LogP contribution in [0, 0.1) is 6.92 Å². The number of benzene rings is 2. The van der Waals surface area contributed by atoms with Gasteiger partial charge in [0.1, 0.15) is 11.6 Å². The van der Waals surface area contributed by atoms with Crippen LogP contribution in [0.25, 0.3) is 11.4 Å². The van der Waals surface area contributed by atoms with Gasteiger partial charge in [-0.2, -0.15) is 5.10 Å². The maximum atomic E-state index is 6.13. The van der Waals surface area contributed by atoms with Crippen molar-refractivity contribution in [3.05, 3.63) is 65.5 Å². The number of hydrogen-bond acceptors (Lipinski definition) is 4. The Kier molecular flexibility index (Phi) is 4.74. The molecule has 2 aromatic carbocycles. The Balaban J connectivity index is 1.44. The van der Waals surface area contributed by atoms with Crippen LogP contribution >= 0.6 is 0 Å². The monoisotopic (exact) mass is 362 g/mol. The van der Waals surface area contributed by atoms with E-state index in [9.17, 15) is 0 Å². The minimum atomic E-state index is 0.112. The third kappa shape index (κ3) is 3.92. The molecule has 0 spiro atoms. The second-order valence-corrected chi connectivity index (χ2v) is 6.52. The number of nitrogens with zero attached hydrogens (tertiary/aromatic N) is 3. The molecule has 1 aliphatic rings. The number of aliphatic imine (C=N–C) groups is 1. The van der Waals surface area contributed by atoms with Crippen LogP contribution in [0.3, 0.4) is 0 Å². The summed E-state index contributed by atoms with van der Waals surface area (Å²) in [7, 11) is 0. The number of aromatic amines is 1. The summed E-state index contributed by atoms with van der Waals surface area (Å²) in [6.07, 6.45) is 0.854. The fourth-order valence-electron chi connectivity index (χ4n) is 3.17. The zero-order valence-electron chi connectivity index (χ0n) is 15.1. The van der Waals surface area contributed by atoms with Gasteiger partial charge in [-0.1, -0.05) is 36.4 Å². The van der Waals surface area contributed by atoms with Gasteiger partial charge in [-0.3, -0.25) is 5.10 Å². The maximum absolute atomic E-state index is 6.13. The van der Waals surface area contributed by atoms with Gasteiger partial charge in [0.05, 0.1) is 19.2 Å². The largest absolute Gasteiger partial charge is 0.493 e. The number of nitrogens with one attached hydrogen (secondary N) is 2. The first kappa shape index (κ1) is 17.1. The van der Waals surface area contributed by atoms with E-state index in [1.54, 1.807) is 0 Å². The molecule has 1 aromatic heterocycles. The predicted molar refractivity (Wildman–Crippen MR) is 104 cm³/mol. The predicted octanol–water partition coefficient (Wildman–Crippen LogP) is 2.71. The number of hydrogen-bond donors (Lipinski definition) is 3. The summed E-state index contributed by atoms with van der Waals surface area (Å²) in [6.45, 7) is 3.03. The minimum Gasteiger partial charge on any atom is -0.493 e. The lowest BCUT2D eigenvalue weighted by Gasteiger charge is -2.26. The number of ether oxygens (including phenoxy) is 1. The van der Waals surface area contributed by atoms with E-state index in [0.29, 0.717) is 24.9 Å². The highest BCUT2D eigenvalue weighted by atomic mass is 16.5. The zero-order chi connectivity index (χ0) is 18.6. The average Bonchev–Trinajstić information content (AvgIpc) is 3.13. The van der Waals surface area contributed by atoms with E-state index in [2.05, 4.69) is 31.6 Å². The summed E-state index contributed by atoms with van der Waals surface area (Å²) in [5.74, 6) is 2.81. The number of para-hydroxylation sites is 1. The van der Waals surface area contributed by atoms with E-state index >= 15 is 0 Å². The van der Waals surface area contributed by atoms with Crippen molar-refractivity contribution in [2.75, 3.05) is 6.61 Å². The molecule has 3 aromatic rings. The van der Waals surface area contributed by atoms with E-state index in [0.717, 1.165) is 34.7 Å². The fourth-order valence-corrected chi connectivity index (χ4v) is 3.17. The number of H-pyrrole nitrogens is 1. The molecule has 7 nitrogen and oxygen atoms in total. The molecule has 0 saturated carbocycles. The Morgan fingerprint density at radius 2 is 2.19 bits per heavy atom. The highest BCUT2D eigenvalue weighted by Crippen LogP contribution is 2.31. The van der Waals surface area contributed by atoms with Gasteiger partial charge in [0.25, 0.3) is 0 Å². The Hall–Kier alpha value is -3.35. The lowest BCUT2D eigenvalue weighted by Crippen LogP contribution is -2.37. The number of aryl methyl sites for hydroxylation is 1. The Bertz CT molecular complexity index is 964. The van der Waals surface area contributed by atoms with E-state index in [1.807, 2.05) is 49.4 Å². The van der Waals surface area contributed by atoms with Gasteiger partial charge in [0.2, 0.25) is 0 Å². The topological polar surface area (TPSA) is 101 Å². The lowest BCUT2D eigenvalue weighted by atomic mass is 10.0. The van der Waals surface area contributed by atoms with Crippen molar-refractivity contribution in [3.8, 4) is 17.1 Å². The van der Waals surface area contributed by atoms with Crippen molar-refractivity contribution in [2.24, 2.45) is 10.7 Å².